The van der Waals surface area contributed by atoms with Gasteiger partial charge in [-0.1, -0.05) is 48.0 Å². The number of phenols is 1. The van der Waals surface area contributed by atoms with Gasteiger partial charge < -0.3 is 14.8 Å². The van der Waals surface area contributed by atoms with Crippen molar-refractivity contribution in [2.45, 2.75) is 45.2 Å². The SMILES string of the molecule is CC1=C2[C@@H](CC/C(=C/c3ccc(O)c4ccccc34)c3ccccn3)OB(O)C[C@@H]2[C@@H]2C(=O)N(Cc3cccs3)C(=O)[C@@H]2C1. The number of thiophene rings is 1. The van der Waals surface area contributed by atoms with Gasteiger partial charge in [-0.2, -0.15) is 0 Å². The third-order valence-electron chi connectivity index (χ3n) is 9.37. The van der Waals surface area contributed by atoms with Gasteiger partial charge in [0, 0.05) is 16.5 Å². The standard InChI is InChI=1S/C35H33BN2O5S/c1-21-17-27-33(35(41)38(34(27)40)20-24-7-6-16-44-24)28-19-36(42)43-31(32(21)28)14-12-23(29-10-4-5-15-37-29)18-22-11-13-30(39)26-9-3-2-8-25(22)26/h2-11,13,15-16,18,27-28,31,33,39,42H,12,14,17,19-20H2,1H3/b23-18-/t27-,28+,31-,33-/m1/s1. The highest BCUT2D eigenvalue weighted by molar-refractivity contribution is 7.09. The van der Waals surface area contributed by atoms with Crippen molar-refractivity contribution < 1.29 is 24.4 Å². The molecular weight excluding hydrogens is 571 g/mol. The molecule has 3 aliphatic rings. The first kappa shape index (κ1) is 28.7. The number of aromatic hydroxyl groups is 1. The van der Waals surface area contributed by atoms with E-state index in [1.54, 1.807) is 23.6 Å². The summed E-state index contributed by atoms with van der Waals surface area (Å²) in [6.45, 7) is 2.35. The van der Waals surface area contributed by atoms with E-state index in [9.17, 15) is 19.7 Å². The Bertz CT molecular complexity index is 1790. The number of pyridine rings is 1. The Labute approximate surface area is 260 Å². The highest BCUT2D eigenvalue weighted by Gasteiger charge is 2.56. The molecule has 2 saturated heterocycles. The predicted octanol–water partition coefficient (Wildman–Crippen LogP) is 6.34. The lowest BCUT2D eigenvalue weighted by atomic mass is 9.58. The molecule has 2 N–H and O–H groups in total. The lowest BCUT2D eigenvalue weighted by Gasteiger charge is -2.42. The second-order valence-corrected chi connectivity index (χ2v) is 13.0. The van der Waals surface area contributed by atoms with Crippen molar-refractivity contribution in [3.8, 4) is 5.75 Å². The van der Waals surface area contributed by atoms with Crippen LogP contribution >= 0.6 is 11.3 Å². The molecule has 0 unspecified atom stereocenters. The number of carbonyl (C=O) groups excluding carboxylic acids is 2. The molecular formula is C35H33BN2O5S. The summed E-state index contributed by atoms with van der Waals surface area (Å²) in [5, 5.41) is 25.0. The molecule has 1 aliphatic carbocycles. The molecule has 7 rings (SSSR count). The summed E-state index contributed by atoms with van der Waals surface area (Å²) >= 11 is 1.54. The molecule has 2 aromatic heterocycles. The van der Waals surface area contributed by atoms with Crippen molar-refractivity contribution >= 4 is 52.7 Å². The molecule has 0 radical (unpaired) electrons. The number of likely N-dealkylation sites (tertiary alicyclic amines) is 1. The Morgan fingerprint density at radius 3 is 2.64 bits per heavy atom. The van der Waals surface area contributed by atoms with Crippen LogP contribution in [0.25, 0.3) is 22.4 Å². The van der Waals surface area contributed by atoms with Crippen molar-refractivity contribution in [2.24, 2.45) is 17.8 Å². The Balaban J connectivity index is 1.19. The minimum absolute atomic E-state index is 0.106. The molecule has 2 fully saturated rings. The molecule has 7 nitrogen and oxygen atoms in total. The molecule has 4 atom stereocenters. The zero-order chi connectivity index (χ0) is 30.4. The first-order chi connectivity index (χ1) is 21.4. The van der Waals surface area contributed by atoms with E-state index in [2.05, 4.69) is 11.1 Å². The van der Waals surface area contributed by atoms with Crippen LogP contribution in [0.2, 0.25) is 6.32 Å². The van der Waals surface area contributed by atoms with Gasteiger partial charge in [0.25, 0.3) is 0 Å². The Morgan fingerprint density at radius 2 is 1.86 bits per heavy atom. The van der Waals surface area contributed by atoms with Crippen LogP contribution in [-0.4, -0.2) is 45.1 Å². The van der Waals surface area contributed by atoms with Crippen LogP contribution in [0, 0.1) is 17.8 Å². The molecule has 0 saturated carbocycles. The number of carbonyl (C=O) groups is 2. The first-order valence-electron chi connectivity index (χ1n) is 15.1. The number of hydrogen-bond donors (Lipinski definition) is 2. The average molecular weight is 605 g/mol. The Hall–Kier alpha value is -4.05. The number of amides is 2. The van der Waals surface area contributed by atoms with Gasteiger partial charge >= 0.3 is 7.12 Å². The third-order valence-corrected chi connectivity index (χ3v) is 10.2. The number of nitrogens with zero attached hydrogens (tertiary/aromatic N) is 2. The smallest absolute Gasteiger partial charge is 0.455 e. The van der Waals surface area contributed by atoms with Crippen LogP contribution in [0.5, 0.6) is 5.75 Å². The van der Waals surface area contributed by atoms with Gasteiger partial charge in [-0.05, 0) is 96.2 Å². The van der Waals surface area contributed by atoms with E-state index in [-0.39, 0.29) is 29.6 Å². The second kappa shape index (κ2) is 11.8. The summed E-state index contributed by atoms with van der Waals surface area (Å²) in [6.07, 6.45) is 5.52. The maximum Gasteiger partial charge on any atom is 0.455 e. The van der Waals surface area contributed by atoms with Gasteiger partial charge in [0.15, 0.2) is 0 Å². The Kier molecular flexibility index (Phi) is 7.70. The average Bonchev–Trinajstić information content (AvgIpc) is 3.63. The number of rotatable bonds is 7. The third kappa shape index (κ3) is 5.19. The zero-order valence-electron chi connectivity index (χ0n) is 24.4. The highest BCUT2D eigenvalue weighted by Crippen LogP contribution is 2.51. The van der Waals surface area contributed by atoms with Crippen molar-refractivity contribution in [3.05, 3.63) is 106 Å². The van der Waals surface area contributed by atoms with E-state index in [1.165, 1.54) is 4.90 Å². The van der Waals surface area contributed by atoms with Crippen LogP contribution in [-0.2, 0) is 20.8 Å². The minimum Gasteiger partial charge on any atom is -0.507 e. The molecule has 4 heterocycles. The monoisotopic (exact) mass is 604 g/mol. The maximum absolute atomic E-state index is 13.8. The van der Waals surface area contributed by atoms with Gasteiger partial charge in [0.2, 0.25) is 11.8 Å². The summed E-state index contributed by atoms with van der Waals surface area (Å²) in [5.74, 6) is -1.11. The largest absolute Gasteiger partial charge is 0.507 e. The molecule has 0 bridgehead atoms. The minimum atomic E-state index is -1.02. The maximum atomic E-state index is 13.8. The highest BCUT2D eigenvalue weighted by atomic mass is 32.1. The summed E-state index contributed by atoms with van der Waals surface area (Å²) in [6, 6.07) is 21.1. The first-order valence-corrected chi connectivity index (χ1v) is 16.0. The number of benzene rings is 2. The lowest BCUT2D eigenvalue weighted by Crippen LogP contribution is -2.46. The van der Waals surface area contributed by atoms with Crippen LogP contribution in [0.4, 0.5) is 0 Å². The summed E-state index contributed by atoms with van der Waals surface area (Å²) < 4.78 is 6.18. The van der Waals surface area contributed by atoms with E-state index in [0.29, 0.717) is 32.1 Å². The van der Waals surface area contributed by atoms with Crippen LogP contribution in [0.3, 0.4) is 0 Å². The predicted molar refractivity (Wildman–Crippen MR) is 172 cm³/mol. The second-order valence-electron chi connectivity index (χ2n) is 12.0. The molecule has 9 heteroatoms. The van der Waals surface area contributed by atoms with Gasteiger partial charge in [0.05, 0.1) is 30.2 Å². The number of phenolic OH excluding ortho intramolecular Hbond substituents is 1. The van der Waals surface area contributed by atoms with E-state index < -0.39 is 19.0 Å². The molecule has 222 valence electrons. The quantitative estimate of drug-likeness (QED) is 0.145. The summed E-state index contributed by atoms with van der Waals surface area (Å²) in [4.78, 5) is 34.3. The fourth-order valence-corrected chi connectivity index (χ4v) is 8.13. The fraction of sp³-hybridized carbons (Fsp3) is 0.286. The van der Waals surface area contributed by atoms with Gasteiger partial charge in [-0.15, -0.1) is 11.3 Å². The number of fused-ring (bicyclic) bond motifs is 4. The molecule has 2 amide bonds. The molecule has 44 heavy (non-hydrogen) atoms. The van der Waals surface area contributed by atoms with Gasteiger partial charge in [0.1, 0.15) is 5.75 Å². The molecule has 2 aliphatic heterocycles. The van der Waals surface area contributed by atoms with E-state index in [4.69, 9.17) is 4.65 Å². The summed E-state index contributed by atoms with van der Waals surface area (Å²) in [7, 11) is -1.02. The normalized spacial score (nSPS) is 23.8. The van der Waals surface area contributed by atoms with Gasteiger partial charge in [-0.25, -0.2) is 0 Å². The van der Waals surface area contributed by atoms with Crippen molar-refractivity contribution in [1.29, 1.82) is 0 Å². The van der Waals surface area contributed by atoms with E-state index in [0.717, 1.165) is 43.6 Å². The number of hydrogen-bond acceptors (Lipinski definition) is 7. The Morgan fingerprint density at radius 1 is 1.05 bits per heavy atom. The van der Waals surface area contributed by atoms with Crippen LogP contribution in [0.1, 0.15) is 42.3 Å². The van der Waals surface area contributed by atoms with Crippen LogP contribution in [0.15, 0.2) is 89.5 Å². The fourth-order valence-electron chi connectivity index (χ4n) is 7.43. The van der Waals surface area contributed by atoms with Crippen molar-refractivity contribution in [2.75, 3.05) is 0 Å². The number of allylic oxidation sites excluding steroid dienone is 2. The lowest BCUT2D eigenvalue weighted by molar-refractivity contribution is -0.140. The number of aromatic nitrogens is 1. The van der Waals surface area contributed by atoms with E-state index in [1.807, 2.05) is 73.0 Å². The summed E-state index contributed by atoms with van der Waals surface area (Å²) in [5.41, 5.74) is 4.96. The van der Waals surface area contributed by atoms with Crippen molar-refractivity contribution in [3.63, 3.8) is 0 Å². The van der Waals surface area contributed by atoms with E-state index >= 15 is 0 Å². The zero-order valence-corrected chi connectivity index (χ0v) is 25.2. The molecule has 4 aromatic rings. The molecule has 0 spiro atoms. The van der Waals surface area contributed by atoms with Crippen molar-refractivity contribution in [1.82, 2.24) is 9.88 Å². The topological polar surface area (TPSA) is 100.0 Å². The van der Waals surface area contributed by atoms with Crippen LogP contribution < -0.4 is 0 Å². The van der Waals surface area contributed by atoms with Gasteiger partial charge in [-0.3, -0.25) is 19.5 Å². The molecule has 2 aromatic carbocycles. The number of imide groups is 1.